The number of rotatable bonds is 7. The number of urea groups is 1. The van der Waals surface area contributed by atoms with Gasteiger partial charge in [0, 0.05) is 83.1 Å². The Bertz CT molecular complexity index is 1160. The van der Waals surface area contributed by atoms with Crippen molar-refractivity contribution >= 4 is 38.8 Å². The number of ether oxygens (including phenoxy) is 1. The first-order chi connectivity index (χ1) is 19.7. The van der Waals surface area contributed by atoms with Crippen LogP contribution in [-0.4, -0.2) is 120 Å². The third kappa shape index (κ3) is 8.55. The molecule has 0 atom stereocenters. The molecule has 1 aromatic rings. The van der Waals surface area contributed by atoms with Crippen molar-refractivity contribution in [2.24, 2.45) is 5.92 Å². The van der Waals surface area contributed by atoms with Crippen LogP contribution in [0.5, 0.6) is 0 Å². The van der Waals surface area contributed by atoms with E-state index in [1.54, 1.807) is 25.2 Å². The number of piperazine rings is 1. The first-order valence-corrected chi connectivity index (χ1v) is 17.4. The van der Waals surface area contributed by atoms with Gasteiger partial charge < -0.3 is 14.5 Å². The predicted octanol–water partition coefficient (Wildman–Crippen LogP) is 3.88. The molecule has 0 unspecified atom stereocenters. The largest absolute Gasteiger partial charge is 0.444 e. The fourth-order valence-corrected chi connectivity index (χ4v) is 7.90. The van der Waals surface area contributed by atoms with Gasteiger partial charge in [-0.15, -0.1) is 11.3 Å². The van der Waals surface area contributed by atoms with Crippen molar-refractivity contribution < 1.29 is 22.7 Å². The first kappa shape index (κ1) is 32.9. The number of carbonyl (C=O) groups is 2. The van der Waals surface area contributed by atoms with E-state index in [2.05, 4.69) is 22.1 Å². The summed E-state index contributed by atoms with van der Waals surface area (Å²) in [5, 5.41) is 3.66. The van der Waals surface area contributed by atoms with E-state index in [9.17, 15) is 18.0 Å². The molecule has 1 aromatic heterocycles. The zero-order valence-electron chi connectivity index (χ0n) is 26.0. The summed E-state index contributed by atoms with van der Waals surface area (Å²) in [6, 6.07) is 0.110. The highest BCUT2D eigenvalue weighted by Crippen LogP contribution is 2.32. The zero-order valence-corrected chi connectivity index (χ0v) is 27.7. The summed E-state index contributed by atoms with van der Waals surface area (Å²) >= 11 is 1.47. The number of nitrogens with one attached hydrogen (secondary N) is 1. The minimum Gasteiger partial charge on any atom is -0.444 e. The highest BCUT2D eigenvalue weighted by atomic mass is 32.2. The highest BCUT2D eigenvalue weighted by Gasteiger charge is 2.37. The standard InChI is InChI=1S/C28H49N7O5S2/c1-21-7-9-22(10-8-21)35(23-11-13-33(14-12-23)27(37)40-28(2,3)4)26(36)30-25-29-19-24(41-25)20-32-15-17-34(18-16-32)42(38,39)31(5)6/h19,21-23H,7-18,20H2,1-6H3,(H,29,30,36). The molecular formula is C28H49N7O5S2. The van der Waals surface area contributed by atoms with Crippen LogP contribution in [0.3, 0.4) is 0 Å². The number of likely N-dealkylation sites (tertiary alicyclic amines) is 1. The number of hydrogen-bond donors (Lipinski definition) is 1. The summed E-state index contributed by atoms with van der Waals surface area (Å²) in [4.78, 5) is 37.9. The van der Waals surface area contributed by atoms with Gasteiger partial charge in [-0.05, 0) is 65.2 Å². The molecule has 0 spiro atoms. The maximum atomic E-state index is 13.8. The summed E-state index contributed by atoms with van der Waals surface area (Å²) in [5.74, 6) is 0.673. The molecule has 0 bridgehead atoms. The van der Waals surface area contributed by atoms with E-state index in [-0.39, 0.29) is 24.2 Å². The SMILES string of the molecule is CC1CCC(N(C(=O)Nc2ncc(CN3CCN(S(=O)(=O)N(C)C)CC3)s2)C2CCN(C(=O)OC(C)(C)C)CC2)CC1. The topological polar surface area (TPSA) is 119 Å². The molecule has 238 valence electrons. The fraction of sp³-hybridized carbons (Fsp3) is 0.821. The van der Waals surface area contributed by atoms with Gasteiger partial charge in [0.1, 0.15) is 5.60 Å². The van der Waals surface area contributed by atoms with E-state index < -0.39 is 15.8 Å². The van der Waals surface area contributed by atoms with Gasteiger partial charge in [-0.2, -0.15) is 17.0 Å². The van der Waals surface area contributed by atoms with Crippen LogP contribution >= 0.6 is 11.3 Å². The maximum absolute atomic E-state index is 13.8. The Kier molecular flexibility index (Phi) is 10.8. The number of aromatic nitrogens is 1. The lowest BCUT2D eigenvalue weighted by molar-refractivity contribution is 0.0136. The number of piperidine rings is 1. The average molecular weight is 628 g/mol. The Morgan fingerprint density at radius 2 is 1.60 bits per heavy atom. The van der Waals surface area contributed by atoms with E-state index in [0.29, 0.717) is 56.9 Å². The van der Waals surface area contributed by atoms with Crippen LogP contribution in [0.1, 0.15) is 71.1 Å². The van der Waals surface area contributed by atoms with Crippen LogP contribution in [0.2, 0.25) is 0 Å². The van der Waals surface area contributed by atoms with Gasteiger partial charge >= 0.3 is 12.1 Å². The number of hydrogen-bond acceptors (Lipinski definition) is 8. The lowest BCUT2D eigenvalue weighted by Crippen LogP contribution is -2.54. The van der Waals surface area contributed by atoms with Crippen LogP contribution in [-0.2, 0) is 21.5 Å². The highest BCUT2D eigenvalue weighted by molar-refractivity contribution is 7.86. The maximum Gasteiger partial charge on any atom is 0.410 e. The number of carbonyl (C=O) groups excluding carboxylic acids is 2. The number of anilines is 1. The van der Waals surface area contributed by atoms with Crippen LogP contribution < -0.4 is 5.32 Å². The second kappa shape index (κ2) is 13.7. The summed E-state index contributed by atoms with van der Waals surface area (Å²) in [5.41, 5.74) is -0.535. The van der Waals surface area contributed by atoms with Crippen molar-refractivity contribution in [2.75, 3.05) is 58.7 Å². The molecule has 3 aliphatic rings. The lowest BCUT2D eigenvalue weighted by Gasteiger charge is -2.44. The molecule has 3 amide bonds. The Hall–Kier alpha value is -2.00. The minimum absolute atomic E-state index is 0.0521. The van der Waals surface area contributed by atoms with Crippen LogP contribution in [0.25, 0.3) is 0 Å². The first-order valence-electron chi connectivity index (χ1n) is 15.1. The predicted molar refractivity (Wildman–Crippen MR) is 165 cm³/mol. The van der Waals surface area contributed by atoms with Gasteiger partial charge in [-0.25, -0.2) is 14.6 Å². The number of amides is 3. The normalized spacial score (nSPS) is 23.6. The molecule has 42 heavy (non-hydrogen) atoms. The third-order valence-electron chi connectivity index (χ3n) is 8.39. The van der Waals surface area contributed by atoms with Crippen molar-refractivity contribution in [3.8, 4) is 0 Å². The smallest absolute Gasteiger partial charge is 0.410 e. The van der Waals surface area contributed by atoms with E-state index in [4.69, 9.17) is 4.74 Å². The molecule has 12 nitrogen and oxygen atoms in total. The molecule has 1 N–H and O–H groups in total. The van der Waals surface area contributed by atoms with Gasteiger partial charge in [0.15, 0.2) is 5.13 Å². The molecule has 2 saturated heterocycles. The molecule has 2 aliphatic heterocycles. The summed E-state index contributed by atoms with van der Waals surface area (Å²) in [6.07, 6.45) is 7.13. The second-order valence-electron chi connectivity index (χ2n) is 13.0. The molecule has 14 heteroatoms. The van der Waals surface area contributed by atoms with Gasteiger partial charge in [0.05, 0.1) is 0 Å². The molecule has 4 rings (SSSR count). The summed E-state index contributed by atoms with van der Waals surface area (Å²) in [7, 11) is -0.291. The summed E-state index contributed by atoms with van der Waals surface area (Å²) in [6.45, 7) is 11.9. The molecule has 3 fully saturated rings. The van der Waals surface area contributed by atoms with Crippen molar-refractivity contribution in [1.82, 2.24) is 28.3 Å². The fourth-order valence-electron chi connectivity index (χ4n) is 5.97. The van der Waals surface area contributed by atoms with E-state index in [1.165, 1.54) is 19.9 Å². The Balaban J connectivity index is 1.35. The van der Waals surface area contributed by atoms with E-state index >= 15 is 0 Å². The second-order valence-corrected chi connectivity index (χ2v) is 16.3. The van der Waals surface area contributed by atoms with Crippen LogP contribution in [0.15, 0.2) is 6.20 Å². The summed E-state index contributed by atoms with van der Waals surface area (Å²) < 4.78 is 33.2. The van der Waals surface area contributed by atoms with Crippen molar-refractivity contribution in [3.05, 3.63) is 11.1 Å². The van der Waals surface area contributed by atoms with Crippen molar-refractivity contribution in [2.45, 2.75) is 90.4 Å². The Morgan fingerprint density at radius 1 is 1.00 bits per heavy atom. The van der Waals surface area contributed by atoms with Crippen molar-refractivity contribution in [1.29, 1.82) is 0 Å². The number of nitrogens with zero attached hydrogens (tertiary/aromatic N) is 6. The van der Waals surface area contributed by atoms with E-state index in [0.717, 1.165) is 43.4 Å². The average Bonchev–Trinajstić information content (AvgIpc) is 3.36. The molecule has 1 aliphatic carbocycles. The molecule has 3 heterocycles. The zero-order chi connectivity index (χ0) is 30.7. The molecule has 1 saturated carbocycles. The van der Waals surface area contributed by atoms with Gasteiger partial charge in [-0.3, -0.25) is 10.2 Å². The quantitative estimate of drug-likeness (QED) is 0.488. The number of thiazole rings is 1. The van der Waals surface area contributed by atoms with Crippen molar-refractivity contribution in [3.63, 3.8) is 0 Å². The van der Waals surface area contributed by atoms with Crippen LogP contribution in [0.4, 0.5) is 14.7 Å². The minimum atomic E-state index is -3.40. The monoisotopic (exact) mass is 627 g/mol. The lowest BCUT2D eigenvalue weighted by atomic mass is 9.85. The Labute approximate surface area is 255 Å². The molecule has 0 radical (unpaired) electrons. The Morgan fingerprint density at radius 3 is 2.17 bits per heavy atom. The molecule has 0 aromatic carbocycles. The van der Waals surface area contributed by atoms with Gasteiger partial charge in [0.25, 0.3) is 10.2 Å². The third-order valence-corrected chi connectivity index (χ3v) is 11.2. The molecular weight excluding hydrogens is 578 g/mol. The van der Waals surface area contributed by atoms with Crippen LogP contribution in [0, 0.1) is 5.92 Å². The van der Waals surface area contributed by atoms with Gasteiger partial charge in [0.2, 0.25) is 0 Å². The van der Waals surface area contributed by atoms with Gasteiger partial charge in [-0.1, -0.05) is 6.92 Å². The van der Waals surface area contributed by atoms with E-state index in [1.807, 2.05) is 25.7 Å².